The van der Waals surface area contributed by atoms with Gasteiger partial charge >= 0.3 is 12.1 Å². The molecule has 0 bridgehead atoms. The van der Waals surface area contributed by atoms with E-state index in [-0.39, 0.29) is 31.4 Å². The second-order valence-electron chi connectivity index (χ2n) is 11.0. The number of primary amides is 1. The molecule has 1 aromatic rings. The van der Waals surface area contributed by atoms with Crippen LogP contribution >= 0.6 is 0 Å². The molecular formula is C31H52N6O6. The molecule has 1 aromatic carbocycles. The van der Waals surface area contributed by atoms with Gasteiger partial charge in [-0.25, -0.2) is 9.59 Å². The van der Waals surface area contributed by atoms with Crippen LogP contribution in [0, 0.1) is 5.92 Å². The zero-order valence-corrected chi connectivity index (χ0v) is 26.3. The lowest BCUT2D eigenvalue weighted by molar-refractivity contribution is -0.132. The molecule has 0 aromatic heterocycles. The van der Waals surface area contributed by atoms with E-state index in [0.29, 0.717) is 25.1 Å². The number of carbonyl (C=O) groups excluding carboxylic acids is 5. The van der Waals surface area contributed by atoms with Crippen LogP contribution in [0.15, 0.2) is 24.3 Å². The van der Waals surface area contributed by atoms with E-state index in [2.05, 4.69) is 40.4 Å². The molecule has 0 fully saturated rings. The number of ether oxygens (including phenoxy) is 1. The van der Waals surface area contributed by atoms with E-state index in [1.165, 1.54) is 0 Å². The summed E-state index contributed by atoms with van der Waals surface area (Å²) in [5, 5.41) is 13.6. The largest absolute Gasteiger partial charge is 0.445 e. The van der Waals surface area contributed by atoms with Crippen molar-refractivity contribution >= 4 is 35.5 Å². The summed E-state index contributed by atoms with van der Waals surface area (Å²) in [4.78, 5) is 61.8. The van der Waals surface area contributed by atoms with Gasteiger partial charge in [-0.3, -0.25) is 14.4 Å². The van der Waals surface area contributed by atoms with Crippen LogP contribution in [0.4, 0.5) is 15.3 Å². The van der Waals surface area contributed by atoms with E-state index in [1.807, 2.05) is 13.8 Å². The Balaban J connectivity index is 2.79. The second-order valence-corrected chi connectivity index (χ2v) is 11.0. The van der Waals surface area contributed by atoms with Gasteiger partial charge in [0.15, 0.2) is 0 Å². The first-order chi connectivity index (χ1) is 20.6. The van der Waals surface area contributed by atoms with Crippen molar-refractivity contribution in [3.8, 4) is 0 Å². The normalized spacial score (nSPS) is 12.1. The molecule has 1 rings (SSSR count). The van der Waals surface area contributed by atoms with Crippen molar-refractivity contribution in [2.24, 2.45) is 11.7 Å². The van der Waals surface area contributed by atoms with Crippen LogP contribution in [0.3, 0.4) is 0 Å². The monoisotopic (exact) mass is 604 g/mol. The number of anilines is 1. The minimum absolute atomic E-state index is 0.0836. The highest BCUT2D eigenvalue weighted by Crippen LogP contribution is 2.13. The molecule has 12 nitrogen and oxygen atoms in total. The summed E-state index contributed by atoms with van der Waals surface area (Å²) >= 11 is 0. The highest BCUT2D eigenvalue weighted by Gasteiger charge is 2.28. The van der Waals surface area contributed by atoms with Crippen LogP contribution in [0.1, 0.15) is 97.5 Å². The van der Waals surface area contributed by atoms with Crippen LogP contribution in [-0.4, -0.2) is 55.0 Å². The standard InChI is InChI=1S/C31H52N6O6/c1-5-7-9-10-14-26(38)37-27(22(3)4)29(40)36-25(13-12-20-33-30(32)41)28(39)35-24-17-15-23(16-18-24)21-43-31(42)34-19-11-8-6-2/h15-18,22,25,27H,5-14,19-21H2,1-4H3,(H,34,42)(H,35,39)(H,36,40)(H,37,38)(H3,32,33,41)/t25-,27+/m0/s1. The fourth-order valence-corrected chi connectivity index (χ4v) is 4.22. The quantitative estimate of drug-likeness (QED) is 0.115. The first kappa shape index (κ1) is 37.2. The number of hydrogen-bond acceptors (Lipinski definition) is 6. The molecule has 0 saturated heterocycles. The van der Waals surface area contributed by atoms with Crippen LogP contribution in [0.25, 0.3) is 0 Å². The number of urea groups is 1. The molecule has 0 heterocycles. The Bertz CT molecular complexity index is 1000. The van der Waals surface area contributed by atoms with Crippen LogP contribution in [-0.2, 0) is 25.7 Å². The average molecular weight is 605 g/mol. The van der Waals surface area contributed by atoms with Crippen molar-refractivity contribution in [3.05, 3.63) is 29.8 Å². The van der Waals surface area contributed by atoms with Gasteiger partial charge in [-0.15, -0.1) is 0 Å². The summed E-state index contributed by atoms with van der Waals surface area (Å²) < 4.78 is 5.23. The summed E-state index contributed by atoms with van der Waals surface area (Å²) in [7, 11) is 0. The van der Waals surface area contributed by atoms with Crippen molar-refractivity contribution in [1.82, 2.24) is 21.3 Å². The first-order valence-corrected chi connectivity index (χ1v) is 15.5. The van der Waals surface area contributed by atoms with Crippen LogP contribution in [0.2, 0.25) is 0 Å². The van der Waals surface area contributed by atoms with Gasteiger partial charge in [-0.05, 0) is 49.3 Å². The molecule has 0 aliphatic carbocycles. The lowest BCUT2D eigenvalue weighted by atomic mass is 10.0. The number of unbranched alkanes of at least 4 members (excludes halogenated alkanes) is 5. The van der Waals surface area contributed by atoms with Crippen molar-refractivity contribution in [1.29, 1.82) is 0 Å². The lowest BCUT2D eigenvalue weighted by Gasteiger charge is -2.25. The van der Waals surface area contributed by atoms with Gasteiger partial charge in [-0.1, -0.05) is 71.9 Å². The predicted molar refractivity (Wildman–Crippen MR) is 167 cm³/mol. The van der Waals surface area contributed by atoms with Gasteiger partial charge < -0.3 is 37.1 Å². The highest BCUT2D eigenvalue weighted by molar-refractivity contribution is 5.98. The molecule has 6 amide bonds. The maximum absolute atomic E-state index is 13.2. The zero-order valence-electron chi connectivity index (χ0n) is 26.3. The van der Waals surface area contributed by atoms with Crippen LogP contribution < -0.4 is 32.3 Å². The third-order valence-electron chi connectivity index (χ3n) is 6.77. The number of rotatable bonds is 21. The summed E-state index contributed by atoms with van der Waals surface area (Å²) in [5.74, 6) is -1.31. The van der Waals surface area contributed by atoms with E-state index in [4.69, 9.17) is 10.5 Å². The summed E-state index contributed by atoms with van der Waals surface area (Å²) in [5.41, 5.74) is 6.37. The fourth-order valence-electron chi connectivity index (χ4n) is 4.22. The predicted octanol–water partition coefficient (Wildman–Crippen LogP) is 4.09. The highest BCUT2D eigenvalue weighted by atomic mass is 16.5. The molecular weight excluding hydrogens is 552 g/mol. The van der Waals surface area contributed by atoms with E-state index in [1.54, 1.807) is 24.3 Å². The van der Waals surface area contributed by atoms with Gasteiger partial charge in [0, 0.05) is 25.2 Å². The number of nitrogens with two attached hydrogens (primary N) is 1. The van der Waals surface area contributed by atoms with Crippen molar-refractivity contribution < 1.29 is 28.7 Å². The number of alkyl carbamates (subject to hydrolysis) is 1. The minimum atomic E-state index is -0.927. The van der Waals surface area contributed by atoms with Gasteiger partial charge in [0.1, 0.15) is 18.7 Å². The number of amides is 6. The van der Waals surface area contributed by atoms with Crippen LogP contribution in [0.5, 0.6) is 0 Å². The van der Waals surface area contributed by atoms with E-state index >= 15 is 0 Å². The number of nitrogens with one attached hydrogen (secondary N) is 5. The van der Waals surface area contributed by atoms with Crippen molar-refractivity contribution in [2.75, 3.05) is 18.4 Å². The Kier molecular flexibility index (Phi) is 18.9. The Hall–Kier alpha value is -3.83. The molecule has 0 saturated carbocycles. The van der Waals surface area contributed by atoms with Gasteiger partial charge in [0.2, 0.25) is 17.7 Å². The maximum Gasteiger partial charge on any atom is 0.407 e. The smallest absolute Gasteiger partial charge is 0.407 e. The van der Waals surface area contributed by atoms with Gasteiger partial charge in [-0.2, -0.15) is 0 Å². The Morgan fingerprint density at radius 1 is 0.791 bits per heavy atom. The fraction of sp³-hybridized carbons (Fsp3) is 0.645. The van der Waals surface area contributed by atoms with E-state index in [0.717, 1.165) is 50.5 Å². The molecule has 0 spiro atoms. The lowest BCUT2D eigenvalue weighted by Crippen LogP contribution is -2.54. The van der Waals surface area contributed by atoms with E-state index < -0.39 is 36.0 Å². The average Bonchev–Trinajstić information content (AvgIpc) is 2.97. The maximum atomic E-state index is 13.2. The molecule has 0 radical (unpaired) electrons. The first-order valence-electron chi connectivity index (χ1n) is 15.5. The van der Waals surface area contributed by atoms with E-state index in [9.17, 15) is 24.0 Å². The third-order valence-corrected chi connectivity index (χ3v) is 6.77. The molecule has 2 atom stereocenters. The number of benzene rings is 1. The molecule has 12 heteroatoms. The SMILES string of the molecule is CCCCCCC(=O)N[C@@H](C(=O)N[C@@H](CCCNC(N)=O)C(=O)Nc1ccc(COC(=O)NCCCCC)cc1)C(C)C. The molecule has 0 aliphatic rings. The molecule has 242 valence electrons. The Morgan fingerprint density at radius 3 is 2.07 bits per heavy atom. The minimum Gasteiger partial charge on any atom is -0.445 e. The van der Waals surface area contributed by atoms with Crippen molar-refractivity contribution in [3.63, 3.8) is 0 Å². The molecule has 0 unspecified atom stereocenters. The topological polar surface area (TPSA) is 181 Å². The summed E-state index contributed by atoms with van der Waals surface area (Å²) in [6.07, 6.45) is 7.29. The second kappa shape index (κ2) is 21.8. The van der Waals surface area contributed by atoms with Gasteiger partial charge in [0.05, 0.1) is 0 Å². The summed E-state index contributed by atoms with van der Waals surface area (Å²) in [6, 6.07) is 4.41. The molecule has 7 N–H and O–H groups in total. The Morgan fingerprint density at radius 2 is 1.44 bits per heavy atom. The zero-order chi connectivity index (χ0) is 32.0. The molecule has 0 aliphatic heterocycles. The van der Waals surface area contributed by atoms with Gasteiger partial charge in [0.25, 0.3) is 0 Å². The Labute approximate surface area is 256 Å². The third kappa shape index (κ3) is 17.0. The van der Waals surface area contributed by atoms with Crippen molar-refractivity contribution in [2.45, 2.75) is 111 Å². The number of hydrogen-bond donors (Lipinski definition) is 6. The summed E-state index contributed by atoms with van der Waals surface area (Å²) in [6.45, 7) is 8.73. The number of carbonyl (C=O) groups is 5. The molecule has 43 heavy (non-hydrogen) atoms.